The Bertz CT molecular complexity index is 990. The van der Waals surface area contributed by atoms with E-state index in [0.29, 0.717) is 6.42 Å². The molecule has 4 rings (SSSR count). The molecule has 0 unspecified atom stereocenters. The maximum atomic E-state index is 5.20. The quantitative estimate of drug-likeness (QED) is 0.550. The molecule has 0 fully saturated rings. The molecule has 0 aliphatic rings. The zero-order chi connectivity index (χ0) is 17.2. The van der Waals surface area contributed by atoms with Crippen molar-refractivity contribution < 1.29 is 9.47 Å². The van der Waals surface area contributed by atoms with Crippen molar-refractivity contribution in [3.8, 4) is 22.1 Å². The van der Waals surface area contributed by atoms with Crippen molar-refractivity contribution in [2.24, 2.45) is 0 Å². The molecule has 6 nitrogen and oxygen atoms in total. The highest BCUT2D eigenvalue weighted by Gasteiger charge is 2.13. The Labute approximate surface area is 148 Å². The number of hydrogen-bond donors (Lipinski definition) is 0. The van der Waals surface area contributed by atoms with E-state index < -0.39 is 0 Å². The van der Waals surface area contributed by atoms with Crippen molar-refractivity contribution in [3.05, 3.63) is 59.9 Å². The first-order chi connectivity index (χ1) is 12.3. The van der Waals surface area contributed by atoms with Crippen LogP contribution in [-0.4, -0.2) is 34.0 Å². The van der Waals surface area contributed by atoms with Crippen molar-refractivity contribution in [2.75, 3.05) is 14.2 Å². The fourth-order valence-electron chi connectivity index (χ4n) is 2.54. The molecular weight excluding hydrogens is 336 g/mol. The molecule has 126 valence electrons. The van der Waals surface area contributed by atoms with Crippen molar-refractivity contribution in [1.82, 2.24) is 19.8 Å². The van der Waals surface area contributed by atoms with Crippen LogP contribution in [0.25, 0.3) is 15.5 Å². The Kier molecular flexibility index (Phi) is 4.07. The molecule has 0 radical (unpaired) electrons. The van der Waals surface area contributed by atoms with Gasteiger partial charge in [-0.15, -0.1) is 10.2 Å². The highest BCUT2D eigenvalue weighted by molar-refractivity contribution is 7.19. The number of fused-ring (bicyclic) bond motifs is 1. The Balaban J connectivity index is 1.63. The van der Waals surface area contributed by atoms with Gasteiger partial charge in [0.15, 0.2) is 5.82 Å². The largest absolute Gasteiger partial charge is 0.497 e. The van der Waals surface area contributed by atoms with E-state index in [1.54, 1.807) is 14.2 Å². The molecule has 0 amide bonds. The highest BCUT2D eigenvalue weighted by Crippen LogP contribution is 2.27. The molecule has 2 heterocycles. The lowest BCUT2D eigenvalue weighted by molar-refractivity contribution is 0.414. The van der Waals surface area contributed by atoms with Gasteiger partial charge >= 0.3 is 0 Å². The third kappa shape index (κ3) is 3.06. The lowest BCUT2D eigenvalue weighted by atomic mass is 10.1. The van der Waals surface area contributed by atoms with Crippen LogP contribution in [0.1, 0.15) is 11.4 Å². The molecule has 0 spiro atoms. The Morgan fingerprint density at radius 2 is 1.52 bits per heavy atom. The molecule has 2 aromatic heterocycles. The number of methoxy groups -OCH3 is 2. The second-order valence-corrected chi connectivity index (χ2v) is 6.43. The summed E-state index contributed by atoms with van der Waals surface area (Å²) in [5.74, 6) is 2.48. The van der Waals surface area contributed by atoms with Gasteiger partial charge in [-0.1, -0.05) is 23.5 Å². The number of rotatable bonds is 5. The third-order valence-corrected chi connectivity index (χ3v) is 4.86. The summed E-state index contributed by atoms with van der Waals surface area (Å²) in [6, 6.07) is 15.8. The summed E-state index contributed by atoms with van der Waals surface area (Å²) < 4.78 is 12.2. The summed E-state index contributed by atoms with van der Waals surface area (Å²) in [5, 5.41) is 14.1. The predicted molar refractivity (Wildman–Crippen MR) is 96.4 cm³/mol. The van der Waals surface area contributed by atoms with Gasteiger partial charge in [0.05, 0.1) is 14.2 Å². The topological polar surface area (TPSA) is 61.5 Å². The van der Waals surface area contributed by atoms with E-state index in [9.17, 15) is 0 Å². The van der Waals surface area contributed by atoms with Crippen LogP contribution in [0.4, 0.5) is 0 Å². The Morgan fingerprint density at radius 3 is 2.16 bits per heavy atom. The summed E-state index contributed by atoms with van der Waals surface area (Å²) in [5.41, 5.74) is 2.17. The maximum Gasteiger partial charge on any atom is 0.234 e. The van der Waals surface area contributed by atoms with Crippen LogP contribution in [0.2, 0.25) is 0 Å². The lowest BCUT2D eigenvalue weighted by Crippen LogP contribution is -1.98. The molecule has 25 heavy (non-hydrogen) atoms. The van der Waals surface area contributed by atoms with Gasteiger partial charge in [0.2, 0.25) is 4.96 Å². The lowest BCUT2D eigenvalue weighted by Gasteiger charge is -2.02. The van der Waals surface area contributed by atoms with Crippen LogP contribution < -0.4 is 9.47 Å². The molecule has 0 aliphatic heterocycles. The fourth-order valence-corrected chi connectivity index (χ4v) is 3.41. The van der Waals surface area contributed by atoms with E-state index in [4.69, 9.17) is 9.47 Å². The van der Waals surface area contributed by atoms with Gasteiger partial charge in [-0.25, -0.2) is 0 Å². The maximum absolute atomic E-state index is 5.20. The van der Waals surface area contributed by atoms with Gasteiger partial charge in [0, 0.05) is 12.0 Å². The summed E-state index contributed by atoms with van der Waals surface area (Å²) in [6.45, 7) is 0. The molecular formula is C18H16N4O2S. The van der Waals surface area contributed by atoms with Crippen LogP contribution in [0.3, 0.4) is 0 Å². The Hall–Kier alpha value is -2.93. The molecule has 0 N–H and O–H groups in total. The first-order valence-electron chi connectivity index (χ1n) is 7.75. The van der Waals surface area contributed by atoms with E-state index in [1.807, 2.05) is 53.0 Å². The summed E-state index contributed by atoms with van der Waals surface area (Å²) >= 11 is 1.52. The average Bonchev–Trinajstić information content (AvgIpc) is 3.24. The number of nitrogens with zero attached hydrogens (tertiary/aromatic N) is 4. The summed E-state index contributed by atoms with van der Waals surface area (Å²) in [4.78, 5) is 0.786. The number of ether oxygens (including phenoxy) is 2. The fraction of sp³-hybridized carbons (Fsp3) is 0.167. The van der Waals surface area contributed by atoms with Crippen LogP contribution in [-0.2, 0) is 6.42 Å². The number of benzene rings is 2. The molecule has 0 aliphatic carbocycles. The third-order valence-electron chi connectivity index (χ3n) is 3.91. The molecule has 4 aromatic rings. The van der Waals surface area contributed by atoms with E-state index in [-0.39, 0.29) is 0 Å². The number of aromatic nitrogens is 4. The van der Waals surface area contributed by atoms with Crippen LogP contribution in [0, 0.1) is 0 Å². The minimum atomic E-state index is 0.664. The van der Waals surface area contributed by atoms with Crippen LogP contribution in [0.15, 0.2) is 48.5 Å². The standard InChI is InChI=1S/C18H16N4O2S/c1-23-14-7-3-12(4-8-14)11-16-19-20-18-22(16)21-17(25-18)13-5-9-15(24-2)10-6-13/h3-10H,11H2,1-2H3. The smallest absolute Gasteiger partial charge is 0.234 e. The van der Waals surface area contributed by atoms with Crippen molar-refractivity contribution in [3.63, 3.8) is 0 Å². The van der Waals surface area contributed by atoms with Gasteiger partial charge in [-0.3, -0.25) is 0 Å². The molecule has 2 aromatic carbocycles. The van der Waals surface area contributed by atoms with Gasteiger partial charge in [0.1, 0.15) is 16.5 Å². The number of hydrogen-bond acceptors (Lipinski definition) is 6. The second-order valence-electron chi connectivity index (χ2n) is 5.47. The van der Waals surface area contributed by atoms with Crippen molar-refractivity contribution in [1.29, 1.82) is 0 Å². The van der Waals surface area contributed by atoms with Crippen molar-refractivity contribution >= 4 is 16.3 Å². The summed E-state index contributed by atoms with van der Waals surface area (Å²) in [6.07, 6.45) is 0.664. The average molecular weight is 352 g/mol. The Morgan fingerprint density at radius 1 is 0.880 bits per heavy atom. The predicted octanol–water partition coefficient (Wildman–Crippen LogP) is 3.46. The SMILES string of the molecule is COc1ccc(Cc2nnc3sc(-c4ccc(OC)cc4)nn23)cc1. The molecule has 0 bridgehead atoms. The zero-order valence-corrected chi connectivity index (χ0v) is 14.7. The normalized spacial score (nSPS) is 11.0. The van der Waals surface area contributed by atoms with Gasteiger partial charge < -0.3 is 9.47 Å². The highest BCUT2D eigenvalue weighted by atomic mass is 32.1. The molecule has 0 saturated heterocycles. The second kappa shape index (κ2) is 6.52. The monoisotopic (exact) mass is 352 g/mol. The minimum absolute atomic E-state index is 0.664. The van der Waals surface area contributed by atoms with Gasteiger partial charge in [-0.05, 0) is 42.0 Å². The molecule has 0 atom stereocenters. The molecule has 0 saturated carbocycles. The van der Waals surface area contributed by atoms with E-state index >= 15 is 0 Å². The van der Waals surface area contributed by atoms with E-state index in [1.165, 1.54) is 11.3 Å². The van der Waals surface area contributed by atoms with Crippen LogP contribution >= 0.6 is 11.3 Å². The van der Waals surface area contributed by atoms with Gasteiger partial charge in [-0.2, -0.15) is 9.61 Å². The van der Waals surface area contributed by atoms with E-state index in [2.05, 4.69) is 15.3 Å². The van der Waals surface area contributed by atoms with Crippen LogP contribution in [0.5, 0.6) is 11.5 Å². The van der Waals surface area contributed by atoms with Crippen molar-refractivity contribution in [2.45, 2.75) is 6.42 Å². The van der Waals surface area contributed by atoms with Gasteiger partial charge in [0.25, 0.3) is 0 Å². The minimum Gasteiger partial charge on any atom is -0.497 e. The first kappa shape index (κ1) is 15.6. The molecule has 7 heteroatoms. The first-order valence-corrected chi connectivity index (χ1v) is 8.57. The summed E-state index contributed by atoms with van der Waals surface area (Å²) in [7, 11) is 3.32. The van der Waals surface area contributed by atoms with E-state index in [0.717, 1.165) is 38.4 Å². The zero-order valence-electron chi connectivity index (χ0n) is 13.8.